The first kappa shape index (κ1) is 66.8. The molecule has 0 fully saturated rings. The molecule has 0 bridgehead atoms. The second kappa shape index (κ2) is 58.4. The van der Waals surface area contributed by atoms with E-state index in [9.17, 15) is 14.4 Å². The van der Waals surface area contributed by atoms with E-state index in [1.807, 2.05) is 12.2 Å². The smallest absolute Gasteiger partial charge is 0.306 e. The van der Waals surface area contributed by atoms with Gasteiger partial charge in [-0.2, -0.15) is 0 Å². The van der Waals surface area contributed by atoms with Gasteiger partial charge in [0, 0.05) is 19.3 Å². The maximum absolute atomic E-state index is 12.8. The van der Waals surface area contributed by atoms with Crippen molar-refractivity contribution in [2.75, 3.05) is 13.2 Å². The molecule has 0 rings (SSSR count). The van der Waals surface area contributed by atoms with Gasteiger partial charge in [0.15, 0.2) is 6.10 Å². The van der Waals surface area contributed by atoms with E-state index in [1.165, 1.54) is 89.9 Å². The zero-order valence-electron chi connectivity index (χ0n) is 45.9. The summed E-state index contributed by atoms with van der Waals surface area (Å²) in [5.41, 5.74) is 0. The van der Waals surface area contributed by atoms with Crippen LogP contribution in [0, 0.1) is 0 Å². The number of esters is 3. The van der Waals surface area contributed by atoms with Crippen molar-refractivity contribution in [3.8, 4) is 0 Å². The lowest BCUT2D eigenvalue weighted by Crippen LogP contribution is -2.30. The predicted molar refractivity (Wildman–Crippen MR) is 306 cm³/mol. The van der Waals surface area contributed by atoms with Crippen LogP contribution in [0.1, 0.15) is 252 Å². The summed E-state index contributed by atoms with van der Waals surface area (Å²) in [6.45, 7) is 6.34. The van der Waals surface area contributed by atoms with Crippen LogP contribution in [-0.2, 0) is 28.6 Å². The highest BCUT2D eigenvalue weighted by Crippen LogP contribution is 2.15. The average Bonchev–Trinajstić information content (AvgIpc) is 3.37. The highest BCUT2D eigenvalue weighted by Gasteiger charge is 2.19. The van der Waals surface area contributed by atoms with E-state index in [2.05, 4.69) is 130 Å². The highest BCUT2D eigenvalue weighted by atomic mass is 16.6. The van der Waals surface area contributed by atoms with Gasteiger partial charge in [-0.25, -0.2) is 0 Å². The lowest BCUT2D eigenvalue weighted by atomic mass is 10.0. The molecule has 0 saturated carbocycles. The van der Waals surface area contributed by atoms with Gasteiger partial charge in [-0.05, 0) is 96.3 Å². The lowest BCUT2D eigenvalue weighted by Gasteiger charge is -2.18. The van der Waals surface area contributed by atoms with Crippen molar-refractivity contribution in [3.05, 3.63) is 122 Å². The second-order valence-electron chi connectivity index (χ2n) is 18.8. The molecule has 6 nitrogen and oxygen atoms in total. The van der Waals surface area contributed by atoms with E-state index in [-0.39, 0.29) is 31.6 Å². The minimum atomic E-state index is -0.831. The predicted octanol–water partition coefficient (Wildman–Crippen LogP) is 19.6. The number of hydrogen-bond donors (Lipinski definition) is 0. The average molecular weight is 984 g/mol. The molecule has 0 N–H and O–H groups in total. The van der Waals surface area contributed by atoms with Gasteiger partial charge in [0.25, 0.3) is 0 Å². The molecule has 0 aliphatic carbocycles. The summed E-state index contributed by atoms with van der Waals surface area (Å²) in [7, 11) is 0. The molecular weight excluding hydrogens is 877 g/mol. The fourth-order valence-electron chi connectivity index (χ4n) is 7.69. The fourth-order valence-corrected chi connectivity index (χ4v) is 7.69. The Labute approximate surface area is 437 Å². The Morgan fingerprint density at radius 3 is 0.915 bits per heavy atom. The monoisotopic (exact) mass is 983 g/mol. The quantitative estimate of drug-likeness (QED) is 0.0261. The van der Waals surface area contributed by atoms with E-state index in [1.54, 1.807) is 0 Å². The summed E-state index contributed by atoms with van der Waals surface area (Å²) in [5, 5.41) is 0. The highest BCUT2D eigenvalue weighted by molar-refractivity contribution is 5.71. The fraction of sp³-hybridized carbons (Fsp3) is 0.646. The third-order valence-electron chi connectivity index (χ3n) is 12.0. The molecule has 0 saturated heterocycles. The summed E-state index contributed by atoms with van der Waals surface area (Å²) in [6.07, 6.45) is 80.6. The van der Waals surface area contributed by atoms with Crippen molar-refractivity contribution in [1.82, 2.24) is 0 Å². The van der Waals surface area contributed by atoms with E-state index in [0.29, 0.717) is 19.3 Å². The van der Waals surface area contributed by atoms with Crippen LogP contribution in [-0.4, -0.2) is 37.2 Å². The zero-order chi connectivity index (χ0) is 51.4. The molecule has 0 amide bonds. The SMILES string of the molecule is CC/C=C\C/C=C\C/C=C\C/C=C\C/C=C\C/C=C\CCC(=O)O[C@H](COC(=O)CCCCCC/C=C\C/C=C\C/C=C\C/C=C\CC)COC(=O)CCCCCCCCCCCCCCCCCCC. The molecule has 0 aliphatic heterocycles. The summed E-state index contributed by atoms with van der Waals surface area (Å²) < 4.78 is 16.8. The number of unbranched alkanes of at least 4 members (excludes halogenated alkanes) is 20. The van der Waals surface area contributed by atoms with Gasteiger partial charge in [0.2, 0.25) is 0 Å². The summed E-state index contributed by atoms with van der Waals surface area (Å²) in [6, 6.07) is 0. The number of carbonyl (C=O) groups is 3. The summed E-state index contributed by atoms with van der Waals surface area (Å²) in [5.74, 6) is -1.03. The van der Waals surface area contributed by atoms with Crippen LogP contribution >= 0.6 is 0 Å². The van der Waals surface area contributed by atoms with Gasteiger partial charge in [0.1, 0.15) is 13.2 Å². The van der Waals surface area contributed by atoms with E-state index < -0.39 is 12.1 Å². The van der Waals surface area contributed by atoms with Crippen LogP contribution in [0.2, 0.25) is 0 Å². The van der Waals surface area contributed by atoms with Crippen molar-refractivity contribution in [2.24, 2.45) is 0 Å². The molecule has 71 heavy (non-hydrogen) atoms. The molecule has 0 aliphatic rings. The van der Waals surface area contributed by atoms with Crippen LogP contribution in [0.4, 0.5) is 0 Å². The maximum Gasteiger partial charge on any atom is 0.306 e. The number of ether oxygens (including phenoxy) is 3. The first-order chi connectivity index (χ1) is 35.0. The van der Waals surface area contributed by atoms with Gasteiger partial charge >= 0.3 is 17.9 Å². The van der Waals surface area contributed by atoms with Gasteiger partial charge in [-0.15, -0.1) is 0 Å². The normalized spacial score (nSPS) is 13.0. The molecule has 0 unspecified atom stereocenters. The first-order valence-corrected chi connectivity index (χ1v) is 29.0. The van der Waals surface area contributed by atoms with Gasteiger partial charge in [-0.1, -0.05) is 258 Å². The lowest BCUT2D eigenvalue weighted by molar-refractivity contribution is -0.166. The molecular formula is C65H106O6. The van der Waals surface area contributed by atoms with Crippen molar-refractivity contribution in [2.45, 2.75) is 258 Å². The topological polar surface area (TPSA) is 78.9 Å². The Morgan fingerprint density at radius 2 is 0.577 bits per heavy atom. The Morgan fingerprint density at radius 1 is 0.296 bits per heavy atom. The number of carbonyl (C=O) groups excluding carboxylic acids is 3. The molecule has 0 aromatic heterocycles. The van der Waals surface area contributed by atoms with Crippen molar-refractivity contribution in [1.29, 1.82) is 0 Å². The van der Waals surface area contributed by atoms with Gasteiger partial charge in [0.05, 0.1) is 0 Å². The standard InChI is InChI=1S/C65H106O6/c1-4-7-10-13-16-19-22-25-28-31-32-35-38-41-44-47-50-53-56-59-65(68)71-62(60-69-63(66)57-54-51-48-45-42-39-36-33-29-26-23-20-17-14-11-8-5-2)61-70-64(67)58-55-52-49-46-43-40-37-34-30-27-24-21-18-15-12-9-6-3/h7-8,10-11,16-17,19-20,25-26,28-29,32,35-36,39,41,44,50,53,62H,4-6,9,12-15,18,21-24,27,30-31,33-34,37-38,40,42-43,45-49,51-52,54-61H2,1-3H3/b10-7-,11-8-,19-16-,20-17-,28-25-,29-26-,35-32-,39-36-,44-41-,53-50-/t62-/m1/s1. The van der Waals surface area contributed by atoms with E-state index in [4.69, 9.17) is 14.2 Å². The van der Waals surface area contributed by atoms with Crippen LogP contribution in [0.25, 0.3) is 0 Å². The minimum absolute atomic E-state index is 0.117. The Kier molecular flexibility index (Phi) is 54.9. The minimum Gasteiger partial charge on any atom is -0.462 e. The zero-order valence-corrected chi connectivity index (χ0v) is 45.9. The van der Waals surface area contributed by atoms with Crippen LogP contribution in [0.5, 0.6) is 0 Å². The molecule has 402 valence electrons. The van der Waals surface area contributed by atoms with Crippen LogP contribution in [0.3, 0.4) is 0 Å². The van der Waals surface area contributed by atoms with Gasteiger partial charge < -0.3 is 14.2 Å². The third-order valence-corrected chi connectivity index (χ3v) is 12.0. The molecule has 1 atom stereocenters. The molecule has 0 radical (unpaired) electrons. The summed E-state index contributed by atoms with van der Waals surface area (Å²) >= 11 is 0. The second-order valence-corrected chi connectivity index (χ2v) is 18.8. The van der Waals surface area contributed by atoms with Crippen molar-refractivity contribution in [3.63, 3.8) is 0 Å². The molecule has 0 heterocycles. The van der Waals surface area contributed by atoms with E-state index >= 15 is 0 Å². The Bertz CT molecular complexity index is 1500. The molecule has 6 heteroatoms. The van der Waals surface area contributed by atoms with Crippen molar-refractivity contribution >= 4 is 17.9 Å². The Hall–Kier alpha value is -4.19. The van der Waals surface area contributed by atoms with Gasteiger partial charge in [-0.3, -0.25) is 14.4 Å². The Balaban J connectivity index is 4.55. The summed E-state index contributed by atoms with van der Waals surface area (Å²) in [4.78, 5) is 38.2. The van der Waals surface area contributed by atoms with E-state index in [0.717, 1.165) is 116 Å². The molecule has 0 aromatic rings. The molecule has 0 aromatic carbocycles. The van der Waals surface area contributed by atoms with Crippen LogP contribution in [0.15, 0.2) is 122 Å². The van der Waals surface area contributed by atoms with Crippen LogP contribution < -0.4 is 0 Å². The molecule has 0 spiro atoms. The maximum atomic E-state index is 12.8. The number of rotatable bonds is 51. The van der Waals surface area contributed by atoms with Crippen molar-refractivity contribution < 1.29 is 28.6 Å². The third kappa shape index (κ3) is 56.6. The first-order valence-electron chi connectivity index (χ1n) is 29.0. The number of hydrogen-bond acceptors (Lipinski definition) is 6. The largest absolute Gasteiger partial charge is 0.462 e. The number of allylic oxidation sites excluding steroid dienone is 20.